The number of aldehydes is 1. The van der Waals surface area contributed by atoms with Crippen LogP contribution in [0.25, 0.3) is 0 Å². The normalized spacial score (nSPS) is 18.7. The Morgan fingerprint density at radius 2 is 2.27 bits per heavy atom. The summed E-state index contributed by atoms with van der Waals surface area (Å²) in [6.45, 7) is 0. The highest BCUT2D eigenvalue weighted by atomic mass is 35.5. The summed E-state index contributed by atoms with van der Waals surface area (Å²) >= 11 is 12.0. The van der Waals surface area contributed by atoms with Crippen molar-refractivity contribution in [1.29, 1.82) is 0 Å². The summed E-state index contributed by atoms with van der Waals surface area (Å²) in [5, 5.41) is 0.880. The third-order valence-electron chi connectivity index (χ3n) is 2.76. The maximum atomic E-state index is 10.9. The topological polar surface area (TPSA) is 26.3 Å². The van der Waals surface area contributed by atoms with Crippen molar-refractivity contribution in [2.75, 3.05) is 7.11 Å². The Morgan fingerprint density at radius 3 is 2.87 bits per heavy atom. The van der Waals surface area contributed by atoms with E-state index in [-0.39, 0.29) is 5.92 Å². The van der Waals surface area contributed by atoms with Crippen LogP contribution in [0.4, 0.5) is 0 Å². The molecule has 0 saturated heterocycles. The van der Waals surface area contributed by atoms with Gasteiger partial charge in [0.1, 0.15) is 17.1 Å². The molecule has 0 amide bonds. The van der Waals surface area contributed by atoms with E-state index in [0.717, 1.165) is 30.3 Å². The first-order valence-electron chi connectivity index (χ1n) is 4.69. The molecule has 0 radical (unpaired) electrons. The third kappa shape index (κ3) is 1.62. The molecule has 15 heavy (non-hydrogen) atoms. The van der Waals surface area contributed by atoms with Crippen molar-refractivity contribution in [3.63, 3.8) is 0 Å². The summed E-state index contributed by atoms with van der Waals surface area (Å²) in [4.78, 5) is 10.9. The van der Waals surface area contributed by atoms with Gasteiger partial charge in [0.2, 0.25) is 0 Å². The minimum absolute atomic E-state index is 0.107. The number of hydrogen-bond donors (Lipinski definition) is 0. The van der Waals surface area contributed by atoms with Crippen LogP contribution >= 0.6 is 23.2 Å². The fourth-order valence-electron chi connectivity index (χ4n) is 2.07. The number of rotatable bonds is 2. The van der Waals surface area contributed by atoms with Crippen molar-refractivity contribution in [2.45, 2.75) is 18.8 Å². The van der Waals surface area contributed by atoms with Crippen molar-refractivity contribution >= 4 is 29.5 Å². The summed E-state index contributed by atoms with van der Waals surface area (Å²) in [6, 6.07) is 1.82. The van der Waals surface area contributed by atoms with Crippen LogP contribution < -0.4 is 4.74 Å². The standard InChI is InChI=1S/C11H10Cl2O2/c1-15-11-9-6(2-3-7(9)5-14)4-8(12)10(11)13/h4-5,7H,2-3H2,1H3. The summed E-state index contributed by atoms with van der Waals surface area (Å²) in [6.07, 6.45) is 2.61. The molecule has 1 aliphatic rings. The fraction of sp³-hybridized carbons (Fsp3) is 0.364. The minimum atomic E-state index is -0.107. The average molecular weight is 245 g/mol. The maximum Gasteiger partial charge on any atom is 0.143 e. The molecule has 1 aliphatic carbocycles. The Morgan fingerprint density at radius 1 is 1.53 bits per heavy atom. The molecule has 1 unspecified atom stereocenters. The Kier molecular flexibility index (Phi) is 2.89. The largest absolute Gasteiger partial charge is 0.495 e. The molecular formula is C11H10Cl2O2. The number of benzene rings is 1. The Labute approximate surface area is 98.1 Å². The molecule has 0 saturated carbocycles. The predicted molar refractivity (Wildman–Crippen MR) is 60.1 cm³/mol. The second-order valence-electron chi connectivity index (χ2n) is 3.56. The molecule has 0 aromatic heterocycles. The van der Waals surface area contributed by atoms with Crippen LogP contribution in [0, 0.1) is 0 Å². The zero-order valence-electron chi connectivity index (χ0n) is 8.22. The quantitative estimate of drug-likeness (QED) is 0.747. The minimum Gasteiger partial charge on any atom is -0.495 e. The van der Waals surface area contributed by atoms with Crippen molar-refractivity contribution in [3.8, 4) is 5.75 Å². The van der Waals surface area contributed by atoms with Crippen LogP contribution in [-0.2, 0) is 11.2 Å². The summed E-state index contributed by atoms with van der Waals surface area (Å²) in [5.41, 5.74) is 1.97. The molecule has 2 rings (SSSR count). The zero-order chi connectivity index (χ0) is 11.0. The molecule has 80 valence electrons. The lowest BCUT2D eigenvalue weighted by Crippen LogP contribution is -1.99. The van der Waals surface area contributed by atoms with Gasteiger partial charge in [0.15, 0.2) is 0 Å². The maximum absolute atomic E-state index is 10.9. The van der Waals surface area contributed by atoms with Crippen LogP contribution in [0.2, 0.25) is 10.0 Å². The lowest BCUT2D eigenvalue weighted by molar-refractivity contribution is -0.109. The smallest absolute Gasteiger partial charge is 0.143 e. The van der Waals surface area contributed by atoms with Gasteiger partial charge >= 0.3 is 0 Å². The van der Waals surface area contributed by atoms with Gasteiger partial charge in [-0.2, -0.15) is 0 Å². The Hall–Kier alpha value is -0.730. The molecule has 0 spiro atoms. The van der Waals surface area contributed by atoms with E-state index in [1.54, 1.807) is 0 Å². The van der Waals surface area contributed by atoms with Crippen LogP contribution in [-0.4, -0.2) is 13.4 Å². The number of hydrogen-bond acceptors (Lipinski definition) is 2. The van der Waals surface area contributed by atoms with Gasteiger partial charge < -0.3 is 9.53 Å². The summed E-state index contributed by atoms with van der Waals surface area (Å²) < 4.78 is 5.23. The second kappa shape index (κ2) is 4.03. The van der Waals surface area contributed by atoms with Gasteiger partial charge in [-0.05, 0) is 24.5 Å². The number of fused-ring (bicyclic) bond motifs is 1. The highest BCUT2D eigenvalue weighted by Crippen LogP contribution is 2.45. The molecular weight excluding hydrogens is 235 g/mol. The van der Waals surface area contributed by atoms with Crippen LogP contribution in [0.3, 0.4) is 0 Å². The number of carbonyl (C=O) groups excluding carboxylic acids is 1. The van der Waals surface area contributed by atoms with Gasteiger partial charge in [0, 0.05) is 11.5 Å². The lowest BCUT2D eigenvalue weighted by Gasteiger charge is -2.13. The predicted octanol–water partition coefficient (Wildman–Crippen LogP) is 3.23. The van der Waals surface area contributed by atoms with Crippen molar-refractivity contribution in [3.05, 3.63) is 27.2 Å². The zero-order valence-corrected chi connectivity index (χ0v) is 9.73. The van der Waals surface area contributed by atoms with E-state index in [2.05, 4.69) is 0 Å². The van der Waals surface area contributed by atoms with E-state index in [1.165, 1.54) is 7.11 Å². The van der Waals surface area contributed by atoms with Gasteiger partial charge in [0.25, 0.3) is 0 Å². The number of ether oxygens (including phenoxy) is 1. The molecule has 0 fully saturated rings. The Bertz CT molecular complexity index is 416. The number of aryl methyl sites for hydroxylation is 1. The van der Waals surface area contributed by atoms with E-state index >= 15 is 0 Å². The molecule has 0 aliphatic heterocycles. The van der Waals surface area contributed by atoms with E-state index in [9.17, 15) is 4.79 Å². The molecule has 0 bridgehead atoms. The molecule has 0 heterocycles. The average Bonchev–Trinajstić information content (AvgIpc) is 2.62. The third-order valence-corrected chi connectivity index (χ3v) is 3.53. The van der Waals surface area contributed by atoms with E-state index in [1.807, 2.05) is 6.07 Å². The summed E-state index contributed by atoms with van der Waals surface area (Å²) in [7, 11) is 1.54. The molecule has 2 nitrogen and oxygen atoms in total. The first-order valence-corrected chi connectivity index (χ1v) is 5.44. The molecule has 1 atom stereocenters. The second-order valence-corrected chi connectivity index (χ2v) is 4.34. The molecule has 0 N–H and O–H groups in total. The fourth-order valence-corrected chi connectivity index (χ4v) is 2.52. The Balaban J connectivity index is 2.66. The first kappa shape index (κ1) is 10.8. The van der Waals surface area contributed by atoms with Crippen molar-refractivity contribution in [1.82, 2.24) is 0 Å². The SMILES string of the molecule is COc1c(Cl)c(Cl)cc2c1C(C=O)CC2. The van der Waals surface area contributed by atoms with E-state index in [4.69, 9.17) is 27.9 Å². The van der Waals surface area contributed by atoms with E-state index < -0.39 is 0 Å². The van der Waals surface area contributed by atoms with Crippen molar-refractivity contribution < 1.29 is 9.53 Å². The molecule has 1 aromatic rings. The lowest BCUT2D eigenvalue weighted by atomic mass is 10.0. The number of carbonyl (C=O) groups is 1. The van der Waals surface area contributed by atoms with Gasteiger partial charge in [-0.3, -0.25) is 0 Å². The van der Waals surface area contributed by atoms with Gasteiger partial charge in [0.05, 0.1) is 12.1 Å². The van der Waals surface area contributed by atoms with Gasteiger partial charge in [-0.1, -0.05) is 23.2 Å². The summed E-state index contributed by atoms with van der Waals surface area (Å²) in [5.74, 6) is 0.443. The van der Waals surface area contributed by atoms with Crippen LogP contribution in [0.1, 0.15) is 23.5 Å². The number of methoxy groups -OCH3 is 1. The first-order chi connectivity index (χ1) is 7.19. The molecule has 1 aromatic carbocycles. The monoisotopic (exact) mass is 244 g/mol. The van der Waals surface area contributed by atoms with Crippen molar-refractivity contribution in [2.24, 2.45) is 0 Å². The van der Waals surface area contributed by atoms with Crippen LogP contribution in [0.15, 0.2) is 6.07 Å². The van der Waals surface area contributed by atoms with E-state index in [0.29, 0.717) is 15.8 Å². The van der Waals surface area contributed by atoms with Gasteiger partial charge in [-0.15, -0.1) is 0 Å². The van der Waals surface area contributed by atoms with Crippen LogP contribution in [0.5, 0.6) is 5.75 Å². The molecule has 4 heteroatoms. The number of halogens is 2. The highest BCUT2D eigenvalue weighted by Gasteiger charge is 2.28. The van der Waals surface area contributed by atoms with Gasteiger partial charge in [-0.25, -0.2) is 0 Å². The highest BCUT2D eigenvalue weighted by molar-refractivity contribution is 6.43.